The van der Waals surface area contributed by atoms with E-state index in [2.05, 4.69) is 52.1 Å². The predicted molar refractivity (Wildman–Crippen MR) is 73.4 cm³/mol. The van der Waals surface area contributed by atoms with Crippen molar-refractivity contribution in [3.05, 3.63) is 51.5 Å². The van der Waals surface area contributed by atoms with Crippen LogP contribution in [0.3, 0.4) is 0 Å². The van der Waals surface area contributed by atoms with E-state index in [1.165, 1.54) is 21.1 Å². The lowest BCUT2D eigenvalue weighted by Gasteiger charge is -1.95. The van der Waals surface area contributed by atoms with E-state index in [1.54, 1.807) is 0 Å². The molecule has 84 valence electrons. The van der Waals surface area contributed by atoms with Crippen LogP contribution in [-0.2, 0) is 18.2 Å². The Bertz CT molecular complexity index is 429. The van der Waals surface area contributed by atoms with Crippen molar-refractivity contribution in [1.29, 1.82) is 0 Å². The summed E-state index contributed by atoms with van der Waals surface area (Å²) in [6.07, 6.45) is 1.97. The first-order valence-electron chi connectivity index (χ1n) is 5.40. The van der Waals surface area contributed by atoms with Crippen molar-refractivity contribution in [1.82, 2.24) is 4.98 Å². The third-order valence-corrected chi connectivity index (χ3v) is 4.51. The lowest BCUT2D eigenvalue weighted by atomic mass is 10.2. The van der Waals surface area contributed by atoms with Gasteiger partial charge in [-0.25, -0.2) is 4.98 Å². The van der Waals surface area contributed by atoms with E-state index in [9.17, 15) is 0 Å². The zero-order valence-corrected chi connectivity index (χ0v) is 11.6. The molecule has 0 saturated carbocycles. The molecule has 1 aromatic heterocycles. The van der Waals surface area contributed by atoms with Crippen LogP contribution >= 0.6 is 27.3 Å². The summed E-state index contributed by atoms with van der Waals surface area (Å²) in [7, 11) is 0. The Labute approximate surface area is 109 Å². The van der Waals surface area contributed by atoms with Crippen LogP contribution in [0, 0.1) is 0 Å². The minimum absolute atomic E-state index is 0.919. The van der Waals surface area contributed by atoms with Gasteiger partial charge in [0.2, 0.25) is 0 Å². The van der Waals surface area contributed by atoms with Crippen LogP contribution in [0.25, 0.3) is 0 Å². The highest BCUT2D eigenvalue weighted by Crippen LogP contribution is 2.23. The second-order valence-electron chi connectivity index (χ2n) is 3.63. The van der Waals surface area contributed by atoms with Crippen LogP contribution in [0.4, 0.5) is 0 Å². The van der Waals surface area contributed by atoms with Gasteiger partial charge in [-0.15, -0.1) is 11.3 Å². The molecule has 0 atom stereocenters. The molecule has 0 amide bonds. The molecule has 0 radical (unpaired) electrons. The molecule has 16 heavy (non-hydrogen) atoms. The van der Waals surface area contributed by atoms with Gasteiger partial charge in [0.1, 0.15) is 0 Å². The van der Waals surface area contributed by atoms with Gasteiger partial charge < -0.3 is 0 Å². The van der Waals surface area contributed by atoms with Gasteiger partial charge in [0.15, 0.2) is 0 Å². The number of hydrogen-bond donors (Lipinski definition) is 0. The molecule has 1 heterocycles. The average Bonchev–Trinajstić information content (AvgIpc) is 2.72. The summed E-state index contributed by atoms with van der Waals surface area (Å²) < 4.78 is 0. The molecular weight excluding hydrogens is 282 g/mol. The molecule has 1 aromatic carbocycles. The second-order valence-corrected chi connectivity index (χ2v) is 5.36. The first kappa shape index (κ1) is 11.8. The average molecular weight is 296 g/mol. The Morgan fingerprint density at radius 2 is 2.00 bits per heavy atom. The van der Waals surface area contributed by atoms with Crippen molar-refractivity contribution in [3.8, 4) is 0 Å². The lowest BCUT2D eigenvalue weighted by Crippen LogP contribution is -1.88. The summed E-state index contributed by atoms with van der Waals surface area (Å²) in [4.78, 5) is 6.05. The van der Waals surface area contributed by atoms with Crippen molar-refractivity contribution in [2.24, 2.45) is 0 Å². The van der Waals surface area contributed by atoms with E-state index >= 15 is 0 Å². The highest BCUT2D eigenvalue weighted by atomic mass is 79.9. The van der Waals surface area contributed by atoms with Gasteiger partial charge in [-0.2, -0.15) is 0 Å². The maximum absolute atomic E-state index is 4.68. The number of aromatic nitrogens is 1. The van der Waals surface area contributed by atoms with E-state index < -0.39 is 0 Å². The number of rotatable bonds is 4. The molecule has 0 aliphatic rings. The van der Waals surface area contributed by atoms with E-state index in [0.717, 1.165) is 18.2 Å². The SMILES string of the molecule is CCc1nc(Cc2ccccc2)sc1CBr. The fraction of sp³-hybridized carbons (Fsp3) is 0.308. The Morgan fingerprint density at radius 3 is 2.56 bits per heavy atom. The van der Waals surface area contributed by atoms with Crippen LogP contribution in [-0.4, -0.2) is 4.98 Å². The third-order valence-electron chi connectivity index (χ3n) is 2.48. The number of alkyl halides is 1. The van der Waals surface area contributed by atoms with E-state index in [0.29, 0.717) is 0 Å². The van der Waals surface area contributed by atoms with Crippen LogP contribution in [0.1, 0.15) is 28.1 Å². The highest BCUT2D eigenvalue weighted by molar-refractivity contribution is 9.08. The Morgan fingerprint density at radius 1 is 1.25 bits per heavy atom. The summed E-state index contributed by atoms with van der Waals surface area (Å²) in [5.41, 5.74) is 2.58. The maximum atomic E-state index is 4.68. The van der Waals surface area contributed by atoms with Crippen molar-refractivity contribution in [3.63, 3.8) is 0 Å². The van der Waals surface area contributed by atoms with Crippen LogP contribution in [0.2, 0.25) is 0 Å². The highest BCUT2D eigenvalue weighted by Gasteiger charge is 2.08. The summed E-state index contributed by atoms with van der Waals surface area (Å²) >= 11 is 5.34. The standard InChI is InChI=1S/C13H14BrNS/c1-2-11-12(9-14)16-13(15-11)8-10-6-4-3-5-7-10/h3-7H,2,8-9H2,1H3. The molecular formula is C13H14BrNS. The first-order chi connectivity index (χ1) is 7.83. The van der Waals surface area contributed by atoms with Crippen molar-refractivity contribution < 1.29 is 0 Å². The summed E-state index contributed by atoms with van der Waals surface area (Å²) in [5.74, 6) is 0. The van der Waals surface area contributed by atoms with E-state index in [4.69, 9.17) is 0 Å². The van der Waals surface area contributed by atoms with Crippen molar-refractivity contribution >= 4 is 27.3 Å². The number of hydrogen-bond acceptors (Lipinski definition) is 2. The van der Waals surface area contributed by atoms with E-state index in [1.807, 2.05) is 17.4 Å². The first-order valence-corrected chi connectivity index (χ1v) is 7.34. The van der Waals surface area contributed by atoms with Gasteiger partial charge in [-0.3, -0.25) is 0 Å². The van der Waals surface area contributed by atoms with Gasteiger partial charge in [0, 0.05) is 16.6 Å². The number of halogens is 1. The Hall–Kier alpha value is -0.670. The Kier molecular flexibility index (Phi) is 4.13. The Balaban J connectivity index is 2.19. The van der Waals surface area contributed by atoms with Crippen molar-refractivity contribution in [2.75, 3.05) is 0 Å². The maximum Gasteiger partial charge on any atom is 0.0975 e. The molecule has 0 aliphatic heterocycles. The number of thiazole rings is 1. The molecule has 0 saturated heterocycles. The van der Waals surface area contributed by atoms with Gasteiger partial charge in [0.25, 0.3) is 0 Å². The van der Waals surface area contributed by atoms with Crippen molar-refractivity contribution in [2.45, 2.75) is 25.1 Å². The minimum Gasteiger partial charge on any atom is -0.246 e. The van der Waals surface area contributed by atoms with Gasteiger partial charge in [0.05, 0.1) is 10.7 Å². The number of aryl methyl sites for hydroxylation is 1. The lowest BCUT2D eigenvalue weighted by molar-refractivity contribution is 1.00. The monoisotopic (exact) mass is 295 g/mol. The normalized spacial score (nSPS) is 10.6. The molecule has 0 unspecified atom stereocenters. The zero-order valence-electron chi connectivity index (χ0n) is 9.24. The molecule has 0 N–H and O–H groups in total. The zero-order chi connectivity index (χ0) is 11.4. The van der Waals surface area contributed by atoms with E-state index in [-0.39, 0.29) is 0 Å². The fourth-order valence-corrected chi connectivity index (χ4v) is 3.37. The minimum atomic E-state index is 0.919. The van der Waals surface area contributed by atoms with Gasteiger partial charge in [-0.05, 0) is 12.0 Å². The summed E-state index contributed by atoms with van der Waals surface area (Å²) in [5, 5.41) is 2.14. The topological polar surface area (TPSA) is 12.9 Å². The van der Waals surface area contributed by atoms with Crippen LogP contribution < -0.4 is 0 Å². The molecule has 3 heteroatoms. The molecule has 2 rings (SSSR count). The predicted octanol–water partition coefficient (Wildman–Crippen LogP) is 4.19. The second kappa shape index (κ2) is 5.60. The van der Waals surface area contributed by atoms with Crippen LogP contribution in [0.15, 0.2) is 30.3 Å². The number of benzene rings is 1. The fourth-order valence-electron chi connectivity index (χ4n) is 1.66. The summed E-state index contributed by atoms with van der Waals surface area (Å²) in [6.45, 7) is 2.16. The molecule has 0 aliphatic carbocycles. The largest absolute Gasteiger partial charge is 0.246 e. The molecule has 1 nitrogen and oxygen atoms in total. The molecule has 2 aromatic rings. The molecule has 0 fully saturated rings. The summed E-state index contributed by atoms with van der Waals surface area (Å²) in [6, 6.07) is 10.5. The van der Waals surface area contributed by atoms with Crippen LogP contribution in [0.5, 0.6) is 0 Å². The van der Waals surface area contributed by atoms with Gasteiger partial charge >= 0.3 is 0 Å². The molecule has 0 bridgehead atoms. The third kappa shape index (κ3) is 2.71. The van der Waals surface area contributed by atoms with Gasteiger partial charge in [-0.1, -0.05) is 53.2 Å². The smallest absolute Gasteiger partial charge is 0.0975 e. The number of nitrogens with zero attached hydrogens (tertiary/aromatic N) is 1. The molecule has 0 spiro atoms. The quantitative estimate of drug-likeness (QED) is 0.771.